The topological polar surface area (TPSA) is 69.3 Å². The molecule has 3 aliphatic heterocycles. The molecule has 2 fully saturated rings. The first-order chi connectivity index (χ1) is 13.2. The number of hydrogen-bond acceptors (Lipinski definition) is 6. The van der Waals surface area contributed by atoms with Crippen molar-refractivity contribution >= 4 is 5.91 Å². The monoisotopic (exact) mass is 378 g/mol. The van der Waals surface area contributed by atoms with Gasteiger partial charge in [0.2, 0.25) is 5.91 Å². The molecule has 0 aromatic heterocycles. The third kappa shape index (κ3) is 6.29. The van der Waals surface area contributed by atoms with E-state index in [9.17, 15) is 4.79 Å². The smallest absolute Gasteiger partial charge is 0.225 e. The molecule has 0 atom stereocenters. The van der Waals surface area contributed by atoms with Crippen molar-refractivity contribution in [2.24, 2.45) is 5.92 Å². The van der Waals surface area contributed by atoms with Gasteiger partial charge in [-0.2, -0.15) is 0 Å². The molecule has 2 saturated heterocycles. The van der Waals surface area contributed by atoms with Crippen molar-refractivity contribution in [1.29, 1.82) is 0 Å². The Balaban J connectivity index is 0.000000299. The SMILES string of the molecule is CN1CCCC1.O=C(NCOc1ccc2c(c1)OCCO2)C1CCOCC1. The van der Waals surface area contributed by atoms with Crippen LogP contribution in [0.2, 0.25) is 0 Å². The summed E-state index contributed by atoms with van der Waals surface area (Å²) in [7, 11) is 2.17. The van der Waals surface area contributed by atoms with Crippen LogP contribution in [0.3, 0.4) is 0 Å². The lowest BCUT2D eigenvalue weighted by molar-refractivity contribution is -0.128. The molecule has 150 valence electrons. The van der Waals surface area contributed by atoms with Gasteiger partial charge in [0.25, 0.3) is 0 Å². The Morgan fingerprint density at radius 2 is 1.81 bits per heavy atom. The normalized spacial score (nSPS) is 19.7. The highest BCUT2D eigenvalue weighted by molar-refractivity contribution is 5.78. The lowest BCUT2D eigenvalue weighted by atomic mass is 10.00. The second kappa shape index (κ2) is 10.4. The molecule has 27 heavy (non-hydrogen) atoms. The van der Waals surface area contributed by atoms with Crippen molar-refractivity contribution < 1.29 is 23.7 Å². The maximum atomic E-state index is 11.9. The van der Waals surface area contributed by atoms with Gasteiger partial charge in [0, 0.05) is 25.2 Å². The summed E-state index contributed by atoms with van der Waals surface area (Å²) >= 11 is 0. The highest BCUT2D eigenvalue weighted by Gasteiger charge is 2.21. The molecule has 1 amide bonds. The van der Waals surface area contributed by atoms with E-state index < -0.39 is 0 Å². The van der Waals surface area contributed by atoms with Crippen molar-refractivity contribution in [2.45, 2.75) is 25.7 Å². The van der Waals surface area contributed by atoms with Crippen LogP contribution in [-0.4, -0.2) is 64.1 Å². The first-order valence-corrected chi connectivity index (χ1v) is 9.79. The Hall–Kier alpha value is -1.99. The van der Waals surface area contributed by atoms with Gasteiger partial charge < -0.3 is 29.2 Å². The molecule has 0 unspecified atom stereocenters. The third-order valence-electron chi connectivity index (χ3n) is 4.92. The van der Waals surface area contributed by atoms with Gasteiger partial charge in [0.1, 0.15) is 19.0 Å². The predicted molar refractivity (Wildman–Crippen MR) is 101 cm³/mol. The number of ether oxygens (including phenoxy) is 4. The molecule has 0 aliphatic carbocycles. The van der Waals surface area contributed by atoms with Crippen molar-refractivity contribution in [3.63, 3.8) is 0 Å². The van der Waals surface area contributed by atoms with E-state index >= 15 is 0 Å². The van der Waals surface area contributed by atoms with E-state index in [1.807, 2.05) is 6.07 Å². The van der Waals surface area contributed by atoms with E-state index in [4.69, 9.17) is 18.9 Å². The Morgan fingerprint density at radius 1 is 1.11 bits per heavy atom. The minimum atomic E-state index is 0.0239. The van der Waals surface area contributed by atoms with Crippen LogP contribution in [0.25, 0.3) is 0 Å². The fourth-order valence-corrected chi connectivity index (χ4v) is 3.28. The van der Waals surface area contributed by atoms with E-state index in [-0.39, 0.29) is 18.6 Å². The zero-order chi connectivity index (χ0) is 18.9. The molecular weight excluding hydrogens is 348 g/mol. The van der Waals surface area contributed by atoms with E-state index in [1.54, 1.807) is 12.1 Å². The van der Waals surface area contributed by atoms with Gasteiger partial charge in [0.05, 0.1) is 0 Å². The molecule has 4 rings (SSSR count). The lowest BCUT2D eigenvalue weighted by Gasteiger charge is -2.21. The number of hydrogen-bond donors (Lipinski definition) is 1. The minimum Gasteiger partial charge on any atom is -0.486 e. The molecule has 0 bridgehead atoms. The zero-order valence-electron chi connectivity index (χ0n) is 16.1. The van der Waals surface area contributed by atoms with Crippen molar-refractivity contribution in [2.75, 3.05) is 53.3 Å². The fourth-order valence-electron chi connectivity index (χ4n) is 3.28. The van der Waals surface area contributed by atoms with Gasteiger partial charge in [-0.25, -0.2) is 0 Å². The van der Waals surface area contributed by atoms with E-state index in [1.165, 1.54) is 25.9 Å². The van der Waals surface area contributed by atoms with Gasteiger partial charge >= 0.3 is 0 Å². The number of carbonyl (C=O) groups excluding carboxylic acids is 1. The maximum Gasteiger partial charge on any atom is 0.225 e. The number of amides is 1. The molecule has 3 aliphatic rings. The summed E-state index contributed by atoms with van der Waals surface area (Å²) in [6, 6.07) is 5.38. The molecule has 0 saturated carbocycles. The summed E-state index contributed by atoms with van der Waals surface area (Å²) < 4.78 is 21.7. The number of carbonyl (C=O) groups is 1. The van der Waals surface area contributed by atoms with Crippen LogP contribution >= 0.6 is 0 Å². The number of likely N-dealkylation sites (tertiary alicyclic amines) is 1. The Bertz CT molecular complexity index is 598. The van der Waals surface area contributed by atoms with Crippen LogP contribution in [0, 0.1) is 5.92 Å². The van der Waals surface area contributed by atoms with Crippen molar-refractivity contribution in [3.05, 3.63) is 18.2 Å². The second-order valence-electron chi connectivity index (χ2n) is 7.03. The number of benzene rings is 1. The van der Waals surface area contributed by atoms with Crippen LogP contribution in [-0.2, 0) is 9.53 Å². The average molecular weight is 378 g/mol. The Kier molecular flexibility index (Phi) is 7.59. The molecule has 7 nitrogen and oxygen atoms in total. The molecule has 3 heterocycles. The average Bonchev–Trinajstić information content (AvgIpc) is 3.20. The van der Waals surface area contributed by atoms with Crippen molar-refractivity contribution in [3.8, 4) is 17.2 Å². The highest BCUT2D eigenvalue weighted by atomic mass is 16.6. The minimum absolute atomic E-state index is 0.0239. The molecule has 1 aromatic rings. The molecular formula is C20H30N2O5. The summed E-state index contributed by atoms with van der Waals surface area (Å²) in [5.74, 6) is 2.10. The molecule has 1 N–H and O–H groups in total. The lowest BCUT2D eigenvalue weighted by Crippen LogP contribution is -2.36. The number of rotatable bonds is 4. The standard InChI is InChI=1S/C15H19NO5.C5H11N/c17-15(11-3-5-18-6-4-11)16-10-21-12-1-2-13-14(9-12)20-8-7-19-13;1-6-4-2-3-5-6/h1-2,9,11H,3-8,10H2,(H,16,17);2-5H2,1H3. The quantitative estimate of drug-likeness (QED) is 0.809. The van der Waals surface area contributed by atoms with Crippen LogP contribution < -0.4 is 19.5 Å². The molecule has 0 spiro atoms. The van der Waals surface area contributed by atoms with Crippen LogP contribution in [0.4, 0.5) is 0 Å². The summed E-state index contributed by atoms with van der Waals surface area (Å²) in [5.41, 5.74) is 0. The van der Waals surface area contributed by atoms with Crippen LogP contribution in [0.15, 0.2) is 18.2 Å². The Labute approximate surface area is 160 Å². The van der Waals surface area contributed by atoms with Crippen LogP contribution in [0.5, 0.6) is 17.2 Å². The number of nitrogens with zero attached hydrogens (tertiary/aromatic N) is 1. The zero-order valence-corrected chi connectivity index (χ0v) is 16.1. The van der Waals surface area contributed by atoms with Gasteiger partial charge in [-0.15, -0.1) is 0 Å². The Morgan fingerprint density at radius 3 is 2.48 bits per heavy atom. The predicted octanol–water partition coefficient (Wildman–Crippen LogP) is 2.05. The van der Waals surface area contributed by atoms with Gasteiger partial charge in [-0.05, 0) is 58.0 Å². The van der Waals surface area contributed by atoms with Gasteiger partial charge in [0.15, 0.2) is 18.2 Å². The molecule has 1 aromatic carbocycles. The molecule has 7 heteroatoms. The first kappa shape index (κ1) is 19.8. The van der Waals surface area contributed by atoms with E-state index in [2.05, 4.69) is 17.3 Å². The fraction of sp³-hybridized carbons (Fsp3) is 0.650. The van der Waals surface area contributed by atoms with E-state index in [0.717, 1.165) is 18.6 Å². The number of nitrogens with one attached hydrogen (secondary N) is 1. The second-order valence-corrected chi connectivity index (χ2v) is 7.03. The van der Waals surface area contributed by atoms with Gasteiger partial charge in [-0.3, -0.25) is 4.79 Å². The third-order valence-corrected chi connectivity index (χ3v) is 4.92. The largest absolute Gasteiger partial charge is 0.486 e. The summed E-state index contributed by atoms with van der Waals surface area (Å²) in [6.07, 6.45) is 4.37. The van der Waals surface area contributed by atoms with Crippen molar-refractivity contribution in [1.82, 2.24) is 10.2 Å². The van der Waals surface area contributed by atoms with Gasteiger partial charge in [-0.1, -0.05) is 0 Å². The van der Waals surface area contributed by atoms with Crippen LogP contribution in [0.1, 0.15) is 25.7 Å². The summed E-state index contributed by atoms with van der Waals surface area (Å²) in [5, 5.41) is 2.79. The van der Waals surface area contributed by atoms with E-state index in [0.29, 0.717) is 37.9 Å². The maximum absolute atomic E-state index is 11.9. The first-order valence-electron chi connectivity index (χ1n) is 9.79. The summed E-state index contributed by atoms with van der Waals surface area (Å²) in [4.78, 5) is 14.3. The summed E-state index contributed by atoms with van der Waals surface area (Å²) in [6.45, 7) is 5.20. The highest BCUT2D eigenvalue weighted by Crippen LogP contribution is 2.33. The molecule has 0 radical (unpaired) electrons. The number of fused-ring (bicyclic) bond motifs is 1.